The molecule has 0 aromatic rings. The summed E-state index contributed by atoms with van der Waals surface area (Å²) < 4.78 is 30.3. The highest BCUT2D eigenvalue weighted by Crippen LogP contribution is 2.20. The van der Waals surface area contributed by atoms with Gasteiger partial charge in [0.1, 0.15) is 0 Å². The van der Waals surface area contributed by atoms with E-state index in [9.17, 15) is 13.2 Å². The van der Waals surface area contributed by atoms with Crippen LogP contribution in [0.5, 0.6) is 0 Å². The number of sulfonamides is 1. The lowest BCUT2D eigenvalue weighted by molar-refractivity contribution is -0.137. The molecule has 2 aliphatic rings. The van der Waals surface area contributed by atoms with E-state index in [-0.39, 0.29) is 23.9 Å². The van der Waals surface area contributed by atoms with E-state index in [1.165, 1.54) is 0 Å². The molecule has 8 heteroatoms. The molecule has 2 unspecified atom stereocenters. The maximum Gasteiger partial charge on any atom is 0.229 e. The van der Waals surface area contributed by atoms with Gasteiger partial charge < -0.3 is 15.0 Å². The number of ether oxygens (including phenoxy) is 1. The van der Waals surface area contributed by atoms with Crippen LogP contribution in [-0.4, -0.2) is 70.9 Å². The van der Waals surface area contributed by atoms with Crippen molar-refractivity contribution in [2.45, 2.75) is 24.9 Å². The van der Waals surface area contributed by atoms with Crippen LogP contribution in [0.4, 0.5) is 0 Å². The molecule has 0 spiro atoms. The number of likely N-dealkylation sites (tertiary alicyclic amines) is 1. The average molecular weight is 305 g/mol. The van der Waals surface area contributed by atoms with E-state index >= 15 is 0 Å². The molecule has 116 valence electrons. The first-order valence-electron chi connectivity index (χ1n) is 6.92. The first-order valence-corrected chi connectivity index (χ1v) is 8.81. The topological polar surface area (TPSA) is 87.7 Å². The van der Waals surface area contributed by atoms with Gasteiger partial charge in [0.25, 0.3) is 0 Å². The Kier molecular flexibility index (Phi) is 5.00. The molecule has 2 aliphatic heterocycles. The number of likely N-dealkylation sites (N-methyl/N-ethyl adjacent to an activating group) is 1. The molecule has 2 atom stereocenters. The minimum atomic E-state index is -3.17. The van der Waals surface area contributed by atoms with Crippen molar-refractivity contribution >= 4 is 15.9 Å². The summed E-state index contributed by atoms with van der Waals surface area (Å²) in [6.45, 7) is 2.22. The molecule has 0 aromatic carbocycles. The molecule has 2 rings (SSSR count). The van der Waals surface area contributed by atoms with E-state index < -0.39 is 10.0 Å². The first-order chi connectivity index (χ1) is 9.40. The summed E-state index contributed by atoms with van der Waals surface area (Å²) >= 11 is 0. The standard InChI is InChI=1S/C12H23N3O4S/c1-13-11-8-19-7-10(11)12(16)15-5-3-9(4-6-15)14-20(2,17)18/h9-11,13-14H,3-8H2,1-2H3. The second-order valence-corrected chi connectivity index (χ2v) is 7.31. The molecule has 2 fully saturated rings. The van der Waals surface area contributed by atoms with E-state index in [0.29, 0.717) is 39.1 Å². The van der Waals surface area contributed by atoms with Gasteiger partial charge in [-0.05, 0) is 19.9 Å². The number of hydrogen-bond donors (Lipinski definition) is 2. The Morgan fingerprint density at radius 2 is 1.90 bits per heavy atom. The molecule has 0 bridgehead atoms. The van der Waals surface area contributed by atoms with Crippen molar-refractivity contribution in [1.29, 1.82) is 0 Å². The number of carbonyl (C=O) groups excluding carboxylic acids is 1. The van der Waals surface area contributed by atoms with Crippen LogP contribution in [0, 0.1) is 5.92 Å². The Balaban J connectivity index is 1.86. The summed E-state index contributed by atoms with van der Waals surface area (Å²) in [5, 5.41) is 3.11. The summed E-state index contributed by atoms with van der Waals surface area (Å²) in [4.78, 5) is 14.3. The zero-order valence-corrected chi connectivity index (χ0v) is 12.8. The minimum Gasteiger partial charge on any atom is -0.379 e. The van der Waals surface area contributed by atoms with Crippen molar-refractivity contribution in [3.63, 3.8) is 0 Å². The lowest BCUT2D eigenvalue weighted by Gasteiger charge is -2.34. The number of nitrogens with zero attached hydrogens (tertiary/aromatic N) is 1. The molecule has 0 aromatic heterocycles. The molecule has 0 aliphatic carbocycles. The third kappa shape index (κ3) is 3.91. The summed E-state index contributed by atoms with van der Waals surface area (Å²) in [7, 11) is -1.34. The second kappa shape index (κ2) is 6.38. The first kappa shape index (κ1) is 15.7. The summed E-state index contributed by atoms with van der Waals surface area (Å²) in [5.74, 6) is -0.0147. The highest BCUT2D eigenvalue weighted by Gasteiger charge is 2.37. The van der Waals surface area contributed by atoms with E-state index in [2.05, 4.69) is 10.0 Å². The number of hydrogen-bond acceptors (Lipinski definition) is 5. The van der Waals surface area contributed by atoms with Gasteiger partial charge in [0.15, 0.2) is 0 Å². The van der Waals surface area contributed by atoms with Crippen LogP contribution >= 0.6 is 0 Å². The fraction of sp³-hybridized carbons (Fsp3) is 0.917. The van der Waals surface area contributed by atoms with Crippen molar-refractivity contribution in [2.24, 2.45) is 5.92 Å². The monoisotopic (exact) mass is 305 g/mol. The predicted octanol–water partition coefficient (Wildman–Crippen LogP) is -1.24. The van der Waals surface area contributed by atoms with Crippen molar-refractivity contribution in [1.82, 2.24) is 14.9 Å². The number of carbonyl (C=O) groups is 1. The van der Waals surface area contributed by atoms with Gasteiger partial charge in [0.05, 0.1) is 25.4 Å². The van der Waals surface area contributed by atoms with Crippen molar-refractivity contribution in [3.05, 3.63) is 0 Å². The highest BCUT2D eigenvalue weighted by atomic mass is 32.2. The lowest BCUT2D eigenvalue weighted by atomic mass is 9.99. The third-order valence-electron chi connectivity index (χ3n) is 3.96. The van der Waals surface area contributed by atoms with E-state index in [1.54, 1.807) is 0 Å². The maximum atomic E-state index is 12.4. The Morgan fingerprint density at radius 1 is 1.25 bits per heavy atom. The van der Waals surface area contributed by atoms with Crippen LogP contribution in [-0.2, 0) is 19.6 Å². The number of piperidine rings is 1. The Bertz CT molecular complexity index is 446. The SMILES string of the molecule is CNC1COCC1C(=O)N1CCC(NS(C)(=O)=O)CC1. The smallest absolute Gasteiger partial charge is 0.229 e. The van der Waals surface area contributed by atoms with E-state index in [0.717, 1.165) is 6.26 Å². The average Bonchev–Trinajstić information content (AvgIpc) is 2.85. The van der Waals surface area contributed by atoms with Gasteiger partial charge in [0.2, 0.25) is 15.9 Å². The summed E-state index contributed by atoms with van der Waals surface area (Å²) in [6.07, 6.45) is 2.49. The van der Waals surface area contributed by atoms with Crippen molar-refractivity contribution in [3.8, 4) is 0 Å². The fourth-order valence-corrected chi connectivity index (χ4v) is 3.68. The normalized spacial score (nSPS) is 28.8. The van der Waals surface area contributed by atoms with Gasteiger partial charge in [0, 0.05) is 25.2 Å². The quantitative estimate of drug-likeness (QED) is 0.678. The number of amides is 1. The molecule has 2 heterocycles. The van der Waals surface area contributed by atoms with Crippen LogP contribution in [0.25, 0.3) is 0 Å². The predicted molar refractivity (Wildman–Crippen MR) is 74.7 cm³/mol. The highest BCUT2D eigenvalue weighted by molar-refractivity contribution is 7.88. The van der Waals surface area contributed by atoms with Crippen LogP contribution in [0.15, 0.2) is 0 Å². The zero-order valence-electron chi connectivity index (χ0n) is 12.0. The summed E-state index contributed by atoms with van der Waals surface area (Å²) in [5.41, 5.74) is 0. The molecule has 20 heavy (non-hydrogen) atoms. The molecule has 2 N–H and O–H groups in total. The van der Waals surface area contributed by atoms with E-state index in [1.807, 2.05) is 11.9 Å². The molecular weight excluding hydrogens is 282 g/mol. The van der Waals surface area contributed by atoms with E-state index in [4.69, 9.17) is 4.74 Å². The Labute approximate surface area is 120 Å². The summed E-state index contributed by atoms with van der Waals surface area (Å²) in [6, 6.07) is 0.0170. The van der Waals surface area contributed by atoms with Gasteiger partial charge in [-0.2, -0.15) is 0 Å². The largest absolute Gasteiger partial charge is 0.379 e. The molecular formula is C12H23N3O4S. The van der Waals surface area contributed by atoms with Crippen LogP contribution in [0.2, 0.25) is 0 Å². The Morgan fingerprint density at radius 3 is 2.45 bits per heavy atom. The molecule has 1 amide bonds. The van der Waals surface area contributed by atoms with Crippen LogP contribution in [0.1, 0.15) is 12.8 Å². The third-order valence-corrected chi connectivity index (χ3v) is 4.72. The molecule has 2 saturated heterocycles. The van der Waals surface area contributed by atoms with Gasteiger partial charge in [-0.15, -0.1) is 0 Å². The second-order valence-electron chi connectivity index (χ2n) is 5.53. The van der Waals surface area contributed by atoms with Gasteiger partial charge in [-0.3, -0.25) is 4.79 Å². The number of nitrogens with one attached hydrogen (secondary N) is 2. The van der Waals surface area contributed by atoms with Gasteiger partial charge in [-0.1, -0.05) is 0 Å². The number of rotatable bonds is 4. The van der Waals surface area contributed by atoms with Crippen molar-refractivity contribution < 1.29 is 17.9 Å². The minimum absolute atomic E-state index is 0.0611. The molecule has 0 radical (unpaired) electrons. The zero-order chi connectivity index (χ0) is 14.8. The van der Waals surface area contributed by atoms with Gasteiger partial charge >= 0.3 is 0 Å². The molecule has 0 saturated carbocycles. The van der Waals surface area contributed by atoms with Crippen LogP contribution in [0.3, 0.4) is 0 Å². The van der Waals surface area contributed by atoms with Crippen molar-refractivity contribution in [2.75, 3.05) is 39.6 Å². The molecule has 7 nitrogen and oxygen atoms in total. The fourth-order valence-electron chi connectivity index (χ4n) is 2.84. The lowest BCUT2D eigenvalue weighted by Crippen LogP contribution is -2.50. The van der Waals surface area contributed by atoms with Crippen LogP contribution < -0.4 is 10.0 Å². The Hall–Kier alpha value is -0.700. The maximum absolute atomic E-state index is 12.4. The van der Waals surface area contributed by atoms with Gasteiger partial charge in [-0.25, -0.2) is 13.1 Å².